The molecule has 0 aromatic heterocycles. The fourth-order valence-electron chi connectivity index (χ4n) is 1.14. The maximum Gasteiger partial charge on any atom is 0.243 e. The molecule has 0 unspecified atom stereocenters. The van der Waals surface area contributed by atoms with Gasteiger partial charge in [0.1, 0.15) is 5.75 Å². The second-order valence-electron chi connectivity index (χ2n) is 3.53. The van der Waals surface area contributed by atoms with Crippen molar-refractivity contribution in [3.05, 3.63) is 23.8 Å². The molecule has 5 N–H and O–H groups in total. The van der Waals surface area contributed by atoms with Crippen molar-refractivity contribution in [2.45, 2.75) is 6.92 Å². The highest BCUT2D eigenvalue weighted by molar-refractivity contribution is 5.94. The van der Waals surface area contributed by atoms with Gasteiger partial charge in [-0.05, 0) is 18.6 Å². The summed E-state index contributed by atoms with van der Waals surface area (Å²) in [7, 11) is 0. The van der Waals surface area contributed by atoms with Crippen LogP contribution in [-0.4, -0.2) is 30.0 Å². The molecule has 0 heterocycles. The summed E-state index contributed by atoms with van der Waals surface area (Å²) in [6.45, 7) is 1.45. The van der Waals surface area contributed by atoms with E-state index in [0.29, 0.717) is 5.69 Å². The van der Waals surface area contributed by atoms with E-state index in [1.54, 1.807) is 19.1 Å². The minimum atomic E-state index is -0.396. The highest BCUT2D eigenvalue weighted by atomic mass is 16.3. The minimum Gasteiger partial charge on any atom is -0.508 e. The Labute approximate surface area is 98.8 Å². The standard InChI is InChI=1S/C11H15N3O3/c1-7-2-3-8(4-9(7)15)14-11(17)6-13-10(16)5-12/h2-4,15H,5-6,12H2,1H3,(H,13,16)(H,14,17). The molecule has 0 atom stereocenters. The third-order valence-electron chi connectivity index (χ3n) is 2.12. The van der Waals surface area contributed by atoms with Crippen LogP contribution in [0, 0.1) is 6.92 Å². The Hall–Kier alpha value is -2.08. The number of carbonyl (C=O) groups excluding carboxylic acids is 2. The van der Waals surface area contributed by atoms with Crippen molar-refractivity contribution in [2.24, 2.45) is 5.73 Å². The zero-order valence-corrected chi connectivity index (χ0v) is 9.49. The summed E-state index contributed by atoms with van der Waals surface area (Å²) in [6, 6.07) is 4.79. The molecular formula is C11H15N3O3. The molecule has 6 heteroatoms. The number of carbonyl (C=O) groups is 2. The molecule has 0 aliphatic rings. The van der Waals surface area contributed by atoms with Crippen LogP contribution in [0.5, 0.6) is 5.75 Å². The highest BCUT2D eigenvalue weighted by Crippen LogP contribution is 2.20. The van der Waals surface area contributed by atoms with Crippen molar-refractivity contribution in [3.63, 3.8) is 0 Å². The lowest BCUT2D eigenvalue weighted by Gasteiger charge is -2.07. The average molecular weight is 237 g/mol. The van der Waals surface area contributed by atoms with Gasteiger partial charge in [0.05, 0.1) is 13.1 Å². The van der Waals surface area contributed by atoms with Crippen LogP contribution in [0.4, 0.5) is 5.69 Å². The van der Waals surface area contributed by atoms with Crippen LogP contribution in [0.15, 0.2) is 18.2 Å². The molecule has 0 aliphatic heterocycles. The van der Waals surface area contributed by atoms with Gasteiger partial charge in [-0.25, -0.2) is 0 Å². The van der Waals surface area contributed by atoms with Crippen LogP contribution >= 0.6 is 0 Å². The van der Waals surface area contributed by atoms with Gasteiger partial charge in [-0.15, -0.1) is 0 Å². The molecule has 0 fully saturated rings. The number of phenols is 1. The fraction of sp³-hybridized carbons (Fsp3) is 0.273. The van der Waals surface area contributed by atoms with Gasteiger partial charge in [-0.1, -0.05) is 6.07 Å². The Morgan fingerprint density at radius 3 is 2.65 bits per heavy atom. The molecule has 1 rings (SSSR count). The van der Waals surface area contributed by atoms with Crippen LogP contribution in [0.2, 0.25) is 0 Å². The number of hydrogen-bond donors (Lipinski definition) is 4. The van der Waals surface area contributed by atoms with Gasteiger partial charge in [0, 0.05) is 11.8 Å². The second-order valence-corrected chi connectivity index (χ2v) is 3.53. The summed E-state index contributed by atoms with van der Waals surface area (Å²) >= 11 is 0. The van der Waals surface area contributed by atoms with Gasteiger partial charge in [-0.3, -0.25) is 9.59 Å². The Balaban J connectivity index is 2.50. The molecule has 17 heavy (non-hydrogen) atoms. The lowest BCUT2D eigenvalue weighted by molar-refractivity contribution is -0.123. The molecule has 0 saturated heterocycles. The lowest BCUT2D eigenvalue weighted by Crippen LogP contribution is -2.36. The number of aromatic hydroxyl groups is 1. The van der Waals surface area contributed by atoms with E-state index < -0.39 is 5.91 Å². The molecule has 0 bridgehead atoms. The van der Waals surface area contributed by atoms with Crippen LogP contribution in [0.25, 0.3) is 0 Å². The molecule has 0 radical (unpaired) electrons. The summed E-state index contributed by atoms with van der Waals surface area (Å²) in [4.78, 5) is 22.2. The largest absolute Gasteiger partial charge is 0.508 e. The number of hydrogen-bond acceptors (Lipinski definition) is 4. The van der Waals surface area contributed by atoms with Gasteiger partial charge in [0.15, 0.2) is 0 Å². The number of amides is 2. The first-order valence-corrected chi connectivity index (χ1v) is 5.09. The van der Waals surface area contributed by atoms with E-state index in [9.17, 15) is 14.7 Å². The molecule has 6 nitrogen and oxygen atoms in total. The zero-order valence-electron chi connectivity index (χ0n) is 9.49. The van der Waals surface area contributed by atoms with Gasteiger partial charge < -0.3 is 21.5 Å². The van der Waals surface area contributed by atoms with Gasteiger partial charge in [0.2, 0.25) is 11.8 Å². The topological polar surface area (TPSA) is 104 Å². The molecule has 1 aromatic carbocycles. The van der Waals surface area contributed by atoms with Crippen molar-refractivity contribution in [3.8, 4) is 5.75 Å². The first kappa shape index (κ1) is 13.0. The summed E-state index contributed by atoms with van der Waals surface area (Å²) in [5.74, 6) is -0.671. The number of rotatable bonds is 4. The molecule has 0 saturated carbocycles. The summed E-state index contributed by atoms with van der Waals surface area (Å²) < 4.78 is 0. The van der Waals surface area contributed by atoms with E-state index in [0.717, 1.165) is 5.56 Å². The Kier molecular flexibility index (Phi) is 4.47. The molecular weight excluding hydrogens is 222 g/mol. The summed E-state index contributed by atoms with van der Waals surface area (Å²) in [5.41, 5.74) is 6.26. The van der Waals surface area contributed by atoms with E-state index >= 15 is 0 Å². The van der Waals surface area contributed by atoms with Crippen molar-refractivity contribution in [1.82, 2.24) is 5.32 Å². The smallest absolute Gasteiger partial charge is 0.243 e. The summed E-state index contributed by atoms with van der Waals surface area (Å²) in [6.07, 6.45) is 0. The second kappa shape index (κ2) is 5.86. The Morgan fingerprint density at radius 2 is 2.06 bits per heavy atom. The van der Waals surface area contributed by atoms with Crippen LogP contribution in [-0.2, 0) is 9.59 Å². The number of anilines is 1. The molecule has 92 valence electrons. The molecule has 0 aliphatic carbocycles. The molecule has 2 amide bonds. The van der Waals surface area contributed by atoms with Gasteiger partial charge in [0.25, 0.3) is 0 Å². The van der Waals surface area contributed by atoms with Crippen molar-refractivity contribution in [2.75, 3.05) is 18.4 Å². The molecule has 1 aromatic rings. The van der Waals surface area contributed by atoms with Crippen molar-refractivity contribution >= 4 is 17.5 Å². The Bertz CT molecular complexity index is 432. The van der Waals surface area contributed by atoms with E-state index in [2.05, 4.69) is 10.6 Å². The predicted octanol–water partition coefficient (Wildman–Crippen LogP) is -0.286. The van der Waals surface area contributed by atoms with Crippen molar-refractivity contribution < 1.29 is 14.7 Å². The maximum absolute atomic E-state index is 11.4. The minimum absolute atomic E-state index is 0.105. The SMILES string of the molecule is Cc1ccc(NC(=O)CNC(=O)CN)cc1O. The van der Waals surface area contributed by atoms with Crippen LogP contribution in [0.3, 0.4) is 0 Å². The number of aryl methyl sites for hydroxylation is 1. The normalized spacial score (nSPS) is 9.76. The van der Waals surface area contributed by atoms with Crippen molar-refractivity contribution in [1.29, 1.82) is 0 Å². The monoisotopic (exact) mass is 237 g/mol. The zero-order chi connectivity index (χ0) is 12.8. The number of phenolic OH excluding ortho intramolecular Hbond substituents is 1. The third-order valence-corrected chi connectivity index (χ3v) is 2.12. The molecule has 0 spiro atoms. The van der Waals surface area contributed by atoms with Crippen LogP contribution < -0.4 is 16.4 Å². The highest BCUT2D eigenvalue weighted by Gasteiger charge is 2.05. The van der Waals surface area contributed by atoms with E-state index in [1.165, 1.54) is 6.07 Å². The summed E-state index contributed by atoms with van der Waals surface area (Å²) in [5, 5.41) is 14.3. The lowest BCUT2D eigenvalue weighted by atomic mass is 10.2. The van der Waals surface area contributed by atoms with Gasteiger partial charge >= 0.3 is 0 Å². The van der Waals surface area contributed by atoms with Crippen LogP contribution in [0.1, 0.15) is 5.56 Å². The third kappa shape index (κ3) is 4.12. The van der Waals surface area contributed by atoms with E-state index in [-0.39, 0.29) is 24.7 Å². The van der Waals surface area contributed by atoms with Gasteiger partial charge in [-0.2, -0.15) is 0 Å². The fourth-order valence-corrected chi connectivity index (χ4v) is 1.14. The number of nitrogens with two attached hydrogens (primary N) is 1. The first-order chi connectivity index (χ1) is 8.02. The number of benzene rings is 1. The van der Waals surface area contributed by atoms with E-state index in [1.807, 2.05) is 0 Å². The average Bonchev–Trinajstić information content (AvgIpc) is 2.31. The van der Waals surface area contributed by atoms with E-state index in [4.69, 9.17) is 5.73 Å². The quantitative estimate of drug-likeness (QED) is 0.577. The Morgan fingerprint density at radius 1 is 1.35 bits per heavy atom. The first-order valence-electron chi connectivity index (χ1n) is 5.09. The number of nitrogens with one attached hydrogen (secondary N) is 2. The predicted molar refractivity (Wildman–Crippen MR) is 63.5 cm³/mol. The maximum atomic E-state index is 11.4.